The number of carbonyl (C=O) groups is 2. The molecular weight excluding hydrogens is 382 g/mol. The maximum absolute atomic E-state index is 12.5. The molecule has 0 bridgehead atoms. The Hall–Kier alpha value is -2.82. The number of hydrogen-bond donors (Lipinski definition) is 2. The molecule has 0 radical (unpaired) electrons. The molecule has 1 aromatic rings. The maximum Gasteiger partial charge on any atom is 0.410 e. The van der Waals surface area contributed by atoms with Crippen LogP contribution in [0.15, 0.2) is 6.20 Å². The van der Waals surface area contributed by atoms with Gasteiger partial charge in [-0.25, -0.2) is 14.8 Å². The van der Waals surface area contributed by atoms with E-state index in [2.05, 4.69) is 32.4 Å². The van der Waals surface area contributed by atoms with Gasteiger partial charge in [0.25, 0.3) is 0 Å². The predicted molar refractivity (Wildman–Crippen MR) is 116 cm³/mol. The van der Waals surface area contributed by atoms with E-state index >= 15 is 0 Å². The summed E-state index contributed by atoms with van der Waals surface area (Å²) in [6.45, 7) is 11.1. The summed E-state index contributed by atoms with van der Waals surface area (Å²) in [5.74, 6) is 7.52. The van der Waals surface area contributed by atoms with E-state index < -0.39 is 17.7 Å². The fourth-order valence-electron chi connectivity index (χ4n) is 3.11. The topological polar surface area (TPSA) is 96.5 Å². The monoisotopic (exact) mass is 415 g/mol. The van der Waals surface area contributed by atoms with Crippen molar-refractivity contribution in [2.75, 3.05) is 25.0 Å². The quantitative estimate of drug-likeness (QED) is 0.548. The molecule has 0 aromatic carbocycles. The molecule has 164 valence electrons. The van der Waals surface area contributed by atoms with E-state index in [0.717, 1.165) is 30.8 Å². The van der Waals surface area contributed by atoms with Crippen LogP contribution in [0.1, 0.15) is 64.8 Å². The summed E-state index contributed by atoms with van der Waals surface area (Å²) in [5, 5.41) is 6.11. The van der Waals surface area contributed by atoms with Gasteiger partial charge in [0.15, 0.2) is 0 Å². The maximum atomic E-state index is 12.5. The summed E-state index contributed by atoms with van der Waals surface area (Å²) < 4.78 is 5.41. The van der Waals surface area contributed by atoms with Gasteiger partial charge in [-0.15, -0.1) is 0 Å². The van der Waals surface area contributed by atoms with Crippen LogP contribution in [0.5, 0.6) is 0 Å². The molecule has 0 spiro atoms. The number of hydrogen-bond acceptors (Lipinski definition) is 6. The van der Waals surface area contributed by atoms with E-state index in [1.807, 2.05) is 34.6 Å². The molecule has 1 aromatic heterocycles. The van der Waals surface area contributed by atoms with Crippen molar-refractivity contribution >= 4 is 17.8 Å². The Morgan fingerprint density at radius 1 is 1.37 bits per heavy atom. The lowest BCUT2D eigenvalue weighted by molar-refractivity contribution is -0.125. The first-order chi connectivity index (χ1) is 14.2. The van der Waals surface area contributed by atoms with Gasteiger partial charge in [0.1, 0.15) is 23.3 Å². The number of amides is 2. The minimum absolute atomic E-state index is 0.132. The molecule has 1 fully saturated rings. The van der Waals surface area contributed by atoms with Crippen LogP contribution >= 0.6 is 0 Å². The van der Waals surface area contributed by atoms with Gasteiger partial charge in [0.05, 0.1) is 5.56 Å². The Bertz CT molecular complexity index is 807. The fraction of sp³-hybridized carbons (Fsp3) is 0.636. The van der Waals surface area contributed by atoms with Crippen molar-refractivity contribution in [3.63, 3.8) is 0 Å². The molecule has 1 atom stereocenters. The summed E-state index contributed by atoms with van der Waals surface area (Å²) in [6.07, 6.45) is 4.12. The normalized spacial score (nSPS) is 15.9. The minimum atomic E-state index is -0.575. The summed E-state index contributed by atoms with van der Waals surface area (Å²) in [5.41, 5.74) is 0.194. The summed E-state index contributed by atoms with van der Waals surface area (Å²) in [6, 6.07) is -0.460. The zero-order valence-corrected chi connectivity index (χ0v) is 18.7. The van der Waals surface area contributed by atoms with Crippen LogP contribution in [0.2, 0.25) is 0 Å². The molecule has 1 aliphatic heterocycles. The highest BCUT2D eigenvalue weighted by atomic mass is 16.6. The molecule has 8 nitrogen and oxygen atoms in total. The second-order valence-corrected chi connectivity index (χ2v) is 8.24. The lowest BCUT2D eigenvalue weighted by Crippen LogP contribution is -2.47. The molecule has 2 N–H and O–H groups in total. The largest absolute Gasteiger partial charge is 0.444 e. The van der Waals surface area contributed by atoms with E-state index in [1.54, 1.807) is 6.20 Å². The van der Waals surface area contributed by atoms with Crippen molar-refractivity contribution in [1.82, 2.24) is 20.2 Å². The standard InChI is InChI=1S/C22H33N5O3/c1-6-23-19-17(15-25-16(2)26-19)11-8-7-9-13-24-20(28)18-12-10-14-27(18)21(29)30-22(3,4)5/h15,18H,6-7,9-10,12-14H2,1-5H3,(H,24,28)(H,23,25,26)/t18-/m0/s1. The van der Waals surface area contributed by atoms with Gasteiger partial charge < -0.3 is 15.4 Å². The highest BCUT2D eigenvalue weighted by molar-refractivity contribution is 5.86. The molecule has 0 aliphatic carbocycles. The van der Waals surface area contributed by atoms with Crippen LogP contribution in [0.25, 0.3) is 0 Å². The Morgan fingerprint density at radius 2 is 2.13 bits per heavy atom. The van der Waals surface area contributed by atoms with Crippen LogP contribution in [0.4, 0.5) is 10.6 Å². The average Bonchev–Trinajstić information content (AvgIpc) is 3.15. The van der Waals surface area contributed by atoms with Crippen molar-refractivity contribution in [1.29, 1.82) is 0 Å². The van der Waals surface area contributed by atoms with Crippen LogP contribution in [0.3, 0.4) is 0 Å². The molecule has 1 saturated heterocycles. The van der Waals surface area contributed by atoms with Crippen molar-refractivity contribution < 1.29 is 14.3 Å². The number of nitrogens with zero attached hydrogens (tertiary/aromatic N) is 3. The Labute approximate surface area is 179 Å². The highest BCUT2D eigenvalue weighted by Crippen LogP contribution is 2.21. The third kappa shape index (κ3) is 7.21. The number of carbonyl (C=O) groups excluding carboxylic acids is 2. The third-order valence-electron chi connectivity index (χ3n) is 4.44. The molecule has 2 heterocycles. The van der Waals surface area contributed by atoms with Crippen LogP contribution in [-0.4, -0.2) is 58.1 Å². The number of ether oxygens (including phenoxy) is 1. The van der Waals surface area contributed by atoms with Crippen LogP contribution in [-0.2, 0) is 9.53 Å². The zero-order chi connectivity index (χ0) is 22.1. The second kappa shape index (κ2) is 10.8. The molecular formula is C22H33N5O3. The van der Waals surface area contributed by atoms with Gasteiger partial charge in [0.2, 0.25) is 5.91 Å². The molecule has 0 unspecified atom stereocenters. The fourth-order valence-corrected chi connectivity index (χ4v) is 3.11. The van der Waals surface area contributed by atoms with Crippen molar-refractivity contribution in [3.05, 3.63) is 17.6 Å². The average molecular weight is 416 g/mol. The summed E-state index contributed by atoms with van der Waals surface area (Å²) in [7, 11) is 0. The number of anilines is 1. The van der Waals surface area contributed by atoms with Gasteiger partial charge in [-0.1, -0.05) is 11.8 Å². The third-order valence-corrected chi connectivity index (χ3v) is 4.44. The predicted octanol–water partition coefficient (Wildman–Crippen LogP) is 2.86. The number of likely N-dealkylation sites (tertiary alicyclic amines) is 1. The Morgan fingerprint density at radius 3 is 2.83 bits per heavy atom. The first-order valence-electron chi connectivity index (χ1n) is 10.5. The Kier molecular flexibility index (Phi) is 8.46. The van der Waals surface area contributed by atoms with Gasteiger partial charge in [-0.2, -0.15) is 0 Å². The molecule has 8 heteroatoms. The molecule has 0 saturated carbocycles. The van der Waals surface area contributed by atoms with Gasteiger partial charge in [0, 0.05) is 32.3 Å². The first kappa shape index (κ1) is 23.5. The summed E-state index contributed by atoms with van der Waals surface area (Å²) in [4.78, 5) is 34.9. The van der Waals surface area contributed by atoms with Crippen molar-refractivity contribution in [3.8, 4) is 11.8 Å². The van der Waals surface area contributed by atoms with Crippen LogP contribution < -0.4 is 10.6 Å². The van der Waals surface area contributed by atoms with E-state index in [-0.39, 0.29) is 5.91 Å². The molecule has 30 heavy (non-hydrogen) atoms. The number of aromatic nitrogens is 2. The Balaban J connectivity index is 1.79. The van der Waals surface area contributed by atoms with Crippen LogP contribution in [0, 0.1) is 18.8 Å². The molecule has 1 aliphatic rings. The summed E-state index contributed by atoms with van der Waals surface area (Å²) >= 11 is 0. The van der Waals surface area contributed by atoms with Crippen molar-refractivity contribution in [2.24, 2.45) is 0 Å². The molecule has 2 amide bonds. The zero-order valence-electron chi connectivity index (χ0n) is 18.7. The SMILES string of the molecule is CCNc1nc(C)ncc1C#CCCCNC(=O)[C@@H]1CCCN1C(=O)OC(C)(C)C. The number of unbranched alkanes of at least 4 members (excludes halogenated alkanes) is 1. The van der Waals surface area contributed by atoms with E-state index in [4.69, 9.17) is 4.74 Å². The number of nitrogens with one attached hydrogen (secondary N) is 2. The van der Waals surface area contributed by atoms with Crippen molar-refractivity contribution in [2.45, 2.75) is 71.9 Å². The van der Waals surface area contributed by atoms with Gasteiger partial charge >= 0.3 is 6.09 Å². The lowest BCUT2D eigenvalue weighted by Gasteiger charge is -2.28. The number of aryl methyl sites for hydroxylation is 1. The van der Waals surface area contributed by atoms with E-state index in [0.29, 0.717) is 31.8 Å². The van der Waals surface area contributed by atoms with Gasteiger partial charge in [-0.05, 0) is 53.9 Å². The highest BCUT2D eigenvalue weighted by Gasteiger charge is 2.36. The number of rotatable bonds is 6. The van der Waals surface area contributed by atoms with E-state index in [9.17, 15) is 9.59 Å². The smallest absolute Gasteiger partial charge is 0.410 e. The first-order valence-corrected chi connectivity index (χ1v) is 10.5. The van der Waals surface area contributed by atoms with Gasteiger partial charge in [-0.3, -0.25) is 9.69 Å². The minimum Gasteiger partial charge on any atom is -0.444 e. The second-order valence-electron chi connectivity index (χ2n) is 8.24. The van der Waals surface area contributed by atoms with E-state index in [1.165, 1.54) is 4.90 Å². The lowest BCUT2D eigenvalue weighted by atomic mass is 10.2. The molecule has 2 rings (SSSR count).